The zero-order valence-corrected chi connectivity index (χ0v) is 25.4. The van der Waals surface area contributed by atoms with Crippen LogP contribution in [0.1, 0.15) is 40.0 Å². The summed E-state index contributed by atoms with van der Waals surface area (Å²) in [5.74, 6) is -3.27. The number of carbonyl (C=O) groups excluding carboxylic acids is 2. The van der Waals surface area contributed by atoms with Crippen LogP contribution >= 0.6 is 0 Å². The number of nitrogens with one attached hydrogen (secondary N) is 1. The monoisotopic (exact) mass is 601 g/mol. The van der Waals surface area contributed by atoms with Crippen molar-refractivity contribution in [1.82, 2.24) is 29.8 Å². The zero-order valence-electron chi connectivity index (χ0n) is 25.4. The van der Waals surface area contributed by atoms with Crippen molar-refractivity contribution in [2.24, 2.45) is 5.73 Å². The Hall–Kier alpha value is -2.85. The lowest BCUT2D eigenvalue weighted by molar-refractivity contribution is -0.141. The van der Waals surface area contributed by atoms with E-state index in [1.165, 1.54) is 0 Å². The van der Waals surface area contributed by atoms with Crippen LogP contribution in [0.4, 0.5) is 0 Å². The SMILES string of the molecule is CC.CCC(N)C(=O)NC1CCN(C(=O)CN2CCN(CC(=O)O)CCN(CC(=O)O)CCN(CC(=O)O)CC2)CC1. The number of likely N-dealkylation sites (tertiary alicyclic amines) is 1. The Morgan fingerprint density at radius 1 is 0.667 bits per heavy atom. The molecule has 0 saturated carbocycles. The maximum Gasteiger partial charge on any atom is 0.317 e. The topological polar surface area (TPSA) is 200 Å². The van der Waals surface area contributed by atoms with Crippen molar-refractivity contribution in [1.29, 1.82) is 0 Å². The summed E-state index contributed by atoms with van der Waals surface area (Å²) < 4.78 is 0. The molecule has 0 aliphatic carbocycles. The molecule has 2 aliphatic rings. The van der Waals surface area contributed by atoms with Gasteiger partial charge >= 0.3 is 17.9 Å². The first-order valence-electron chi connectivity index (χ1n) is 14.8. The fourth-order valence-corrected chi connectivity index (χ4v) is 4.84. The summed E-state index contributed by atoms with van der Waals surface area (Å²) in [5.41, 5.74) is 5.80. The molecule has 0 spiro atoms. The molecule has 1 atom stereocenters. The van der Waals surface area contributed by atoms with Gasteiger partial charge in [0.1, 0.15) is 0 Å². The molecule has 2 rings (SSSR count). The first kappa shape index (κ1) is 37.2. The van der Waals surface area contributed by atoms with Crippen molar-refractivity contribution in [3.63, 3.8) is 0 Å². The molecule has 6 N–H and O–H groups in total. The molecule has 2 fully saturated rings. The Kier molecular flexibility index (Phi) is 17.8. The van der Waals surface area contributed by atoms with Crippen LogP contribution in [0.2, 0.25) is 0 Å². The van der Waals surface area contributed by atoms with E-state index < -0.39 is 23.9 Å². The van der Waals surface area contributed by atoms with Crippen molar-refractivity contribution < 1.29 is 39.3 Å². The Morgan fingerprint density at radius 2 is 1.00 bits per heavy atom. The molecule has 2 heterocycles. The highest BCUT2D eigenvalue weighted by atomic mass is 16.4. The molecule has 2 saturated heterocycles. The molecular weight excluding hydrogens is 550 g/mol. The number of aliphatic carboxylic acids is 3. The van der Waals surface area contributed by atoms with Crippen molar-refractivity contribution in [3.8, 4) is 0 Å². The number of rotatable bonds is 11. The molecule has 0 radical (unpaired) electrons. The number of hydrogen-bond acceptors (Lipinski definition) is 10. The van der Waals surface area contributed by atoms with Crippen LogP contribution in [-0.2, 0) is 24.0 Å². The minimum Gasteiger partial charge on any atom is -0.480 e. The summed E-state index contributed by atoms with van der Waals surface area (Å²) in [7, 11) is 0. The molecule has 2 amide bonds. The minimum absolute atomic E-state index is 0.0364. The second kappa shape index (κ2) is 20.1. The van der Waals surface area contributed by atoms with Gasteiger partial charge in [0.15, 0.2) is 0 Å². The highest BCUT2D eigenvalue weighted by Gasteiger charge is 2.27. The first-order valence-corrected chi connectivity index (χ1v) is 14.8. The maximum atomic E-state index is 13.2. The number of piperidine rings is 1. The van der Waals surface area contributed by atoms with E-state index in [9.17, 15) is 39.3 Å². The molecule has 242 valence electrons. The Labute approximate surface area is 248 Å². The Morgan fingerprint density at radius 3 is 1.31 bits per heavy atom. The van der Waals surface area contributed by atoms with Gasteiger partial charge in [-0.05, 0) is 19.3 Å². The van der Waals surface area contributed by atoms with Crippen LogP contribution < -0.4 is 11.1 Å². The van der Waals surface area contributed by atoms with Crippen LogP contribution in [-0.4, -0.2) is 173 Å². The lowest BCUT2D eigenvalue weighted by Gasteiger charge is -2.36. The predicted molar refractivity (Wildman–Crippen MR) is 156 cm³/mol. The fourth-order valence-electron chi connectivity index (χ4n) is 4.84. The molecule has 1 unspecified atom stereocenters. The Bertz CT molecular complexity index is 837. The molecule has 15 nitrogen and oxygen atoms in total. The quantitative estimate of drug-likeness (QED) is 0.180. The smallest absolute Gasteiger partial charge is 0.317 e. The third-order valence-electron chi connectivity index (χ3n) is 7.34. The van der Waals surface area contributed by atoms with Crippen LogP contribution in [0.25, 0.3) is 0 Å². The second-order valence-corrected chi connectivity index (χ2v) is 10.5. The summed E-state index contributed by atoms with van der Waals surface area (Å²) in [4.78, 5) is 68.3. The largest absolute Gasteiger partial charge is 0.480 e. The van der Waals surface area contributed by atoms with Gasteiger partial charge in [0.25, 0.3) is 0 Å². The maximum absolute atomic E-state index is 13.2. The molecule has 0 aromatic heterocycles. The van der Waals surface area contributed by atoms with Gasteiger partial charge in [-0.3, -0.25) is 43.6 Å². The van der Waals surface area contributed by atoms with Gasteiger partial charge in [-0.25, -0.2) is 0 Å². The van der Waals surface area contributed by atoms with Gasteiger partial charge in [0, 0.05) is 71.5 Å². The van der Waals surface area contributed by atoms with E-state index in [-0.39, 0.29) is 44.0 Å². The van der Waals surface area contributed by atoms with Crippen LogP contribution in [0.3, 0.4) is 0 Å². The number of carboxylic acid groups (broad SMARTS) is 3. The standard InChI is InChI=1S/C25H45N7O8.C2H6/c1-2-20(26)25(40)27-19-3-5-32(6-4-19)21(33)15-28-7-9-29(16-22(34)35)11-13-31(18-24(38)39)14-12-30(10-8-28)17-23(36)37;1-2/h19-20H,2-18,26H2,1H3,(H,27,40)(H,34,35)(H,36,37)(H,38,39);1-2H3. The highest BCUT2D eigenvalue weighted by molar-refractivity contribution is 5.82. The van der Waals surface area contributed by atoms with Gasteiger partial charge in [-0.15, -0.1) is 0 Å². The summed E-state index contributed by atoms with van der Waals surface area (Å²) >= 11 is 0. The minimum atomic E-state index is -1.01. The van der Waals surface area contributed by atoms with E-state index in [2.05, 4.69) is 5.32 Å². The number of nitrogens with two attached hydrogens (primary N) is 1. The van der Waals surface area contributed by atoms with E-state index in [0.29, 0.717) is 84.7 Å². The summed E-state index contributed by atoms with van der Waals surface area (Å²) in [6.07, 6.45) is 1.80. The van der Waals surface area contributed by atoms with E-state index in [1.807, 2.05) is 25.7 Å². The first-order chi connectivity index (χ1) is 20.0. The predicted octanol–water partition coefficient (Wildman–Crippen LogP) is -1.67. The van der Waals surface area contributed by atoms with E-state index >= 15 is 0 Å². The number of nitrogens with zero attached hydrogens (tertiary/aromatic N) is 5. The molecule has 0 aromatic carbocycles. The summed E-state index contributed by atoms with van der Waals surface area (Å²) in [6, 6.07) is -0.583. The van der Waals surface area contributed by atoms with Gasteiger partial charge < -0.3 is 31.3 Å². The third-order valence-corrected chi connectivity index (χ3v) is 7.34. The summed E-state index contributed by atoms with van der Waals surface area (Å²) in [5, 5.41) is 30.9. The number of hydrogen-bond donors (Lipinski definition) is 5. The van der Waals surface area contributed by atoms with Crippen molar-refractivity contribution in [2.45, 2.75) is 52.1 Å². The molecule has 2 aliphatic heterocycles. The number of carbonyl (C=O) groups is 5. The molecule has 15 heteroatoms. The molecule has 0 aromatic rings. The molecule has 0 bridgehead atoms. The Balaban J connectivity index is 0.00000431. The van der Waals surface area contributed by atoms with E-state index in [1.54, 1.807) is 19.6 Å². The van der Waals surface area contributed by atoms with Crippen molar-refractivity contribution in [3.05, 3.63) is 0 Å². The lowest BCUT2D eigenvalue weighted by atomic mass is 10.0. The highest BCUT2D eigenvalue weighted by Crippen LogP contribution is 2.12. The molecule has 42 heavy (non-hydrogen) atoms. The van der Waals surface area contributed by atoms with Gasteiger partial charge in [-0.1, -0.05) is 20.8 Å². The number of carboxylic acids is 3. The van der Waals surface area contributed by atoms with Crippen LogP contribution in [0.5, 0.6) is 0 Å². The van der Waals surface area contributed by atoms with Crippen molar-refractivity contribution >= 4 is 29.7 Å². The average molecular weight is 602 g/mol. The number of amides is 2. The van der Waals surface area contributed by atoms with Crippen LogP contribution in [0, 0.1) is 0 Å². The van der Waals surface area contributed by atoms with Gasteiger partial charge in [0.2, 0.25) is 11.8 Å². The van der Waals surface area contributed by atoms with Crippen molar-refractivity contribution in [2.75, 3.05) is 91.6 Å². The second-order valence-electron chi connectivity index (χ2n) is 10.5. The van der Waals surface area contributed by atoms with E-state index in [0.717, 1.165) is 0 Å². The zero-order chi connectivity index (χ0) is 31.7. The lowest BCUT2D eigenvalue weighted by Crippen LogP contribution is -2.53. The molecular formula is C27H51N7O8. The van der Waals surface area contributed by atoms with Gasteiger partial charge in [-0.2, -0.15) is 0 Å². The normalized spacial score (nSPS) is 19.9. The fraction of sp³-hybridized carbons (Fsp3) is 0.815. The summed E-state index contributed by atoms with van der Waals surface area (Å²) in [6.45, 7) is 9.03. The van der Waals surface area contributed by atoms with E-state index in [4.69, 9.17) is 5.73 Å². The third kappa shape index (κ3) is 14.9. The van der Waals surface area contributed by atoms with Crippen LogP contribution in [0.15, 0.2) is 0 Å². The average Bonchev–Trinajstić information content (AvgIpc) is 2.94. The van der Waals surface area contributed by atoms with Gasteiger partial charge in [0.05, 0.1) is 32.2 Å².